The normalized spacial score (nSPS) is 14.4. The van der Waals surface area contributed by atoms with E-state index in [0.717, 1.165) is 83.0 Å². The van der Waals surface area contributed by atoms with Crippen molar-refractivity contribution in [2.24, 2.45) is 0 Å². The lowest BCUT2D eigenvalue weighted by molar-refractivity contribution is -0.152. The van der Waals surface area contributed by atoms with Gasteiger partial charge in [0.15, 0.2) is 22.2 Å². The second-order valence-corrected chi connectivity index (χ2v) is 39.0. The molecule has 13 heteroatoms. The monoisotopic (exact) mass is 1290 g/mol. The fourth-order valence-electron chi connectivity index (χ4n) is 15.0. The average Bonchev–Trinajstić information content (AvgIpc) is 1.80. The number of hydrogen-bond donors (Lipinski definition) is 1. The predicted molar refractivity (Wildman–Crippen MR) is 377 cm³/mol. The van der Waals surface area contributed by atoms with E-state index in [1.54, 1.807) is 24.3 Å². The first-order valence-corrected chi connectivity index (χ1v) is 39.6. The van der Waals surface area contributed by atoms with Crippen molar-refractivity contribution in [3.05, 3.63) is 147 Å². The number of esters is 1. The van der Waals surface area contributed by atoms with Gasteiger partial charge in [0.05, 0.1) is 13.2 Å². The van der Waals surface area contributed by atoms with Gasteiger partial charge in [0.25, 0.3) is 0 Å². The number of rotatable bonds is 42. The number of fused-ring (bicyclic) bond motifs is 2. The van der Waals surface area contributed by atoms with E-state index < -0.39 is 40.8 Å². The van der Waals surface area contributed by atoms with Gasteiger partial charge in [0, 0.05) is 51.9 Å². The van der Waals surface area contributed by atoms with Gasteiger partial charge in [-0.2, -0.15) is 0 Å². The van der Waals surface area contributed by atoms with Crippen LogP contribution in [0, 0.1) is 0 Å². The minimum atomic E-state index is -1.81. The van der Waals surface area contributed by atoms with Crippen LogP contribution in [0.25, 0.3) is 5.57 Å². The molecule has 4 aromatic carbocycles. The van der Waals surface area contributed by atoms with Crippen molar-refractivity contribution in [1.82, 2.24) is 5.32 Å². The summed E-state index contributed by atoms with van der Waals surface area (Å²) in [5.41, 5.74) is 8.87. The van der Waals surface area contributed by atoms with E-state index in [1.807, 2.05) is 48.5 Å². The summed E-state index contributed by atoms with van der Waals surface area (Å²) in [6.45, 7) is 30.9. The number of allylic oxidation sites excluding steroid dienone is 3. The van der Waals surface area contributed by atoms with Crippen molar-refractivity contribution < 1.29 is 37.4 Å². The van der Waals surface area contributed by atoms with Crippen LogP contribution < -0.4 is 14.8 Å². The number of ether oxygens (including phenoxy) is 4. The second kappa shape index (κ2) is 37.4. The number of hydrogen-bond acceptors (Lipinski definition) is 8. The highest BCUT2D eigenvalue weighted by Gasteiger charge is 2.46. The molecule has 2 aliphatic rings. The lowest BCUT2D eigenvalue weighted by atomic mass is 9.79. The van der Waals surface area contributed by atoms with Crippen molar-refractivity contribution >= 4 is 57.5 Å². The number of halogens is 2. The van der Waals surface area contributed by atoms with E-state index >= 15 is 0 Å². The first kappa shape index (κ1) is 73.7. The zero-order chi connectivity index (χ0) is 64.4. The summed E-state index contributed by atoms with van der Waals surface area (Å²) in [6.07, 6.45) is 26.4. The van der Waals surface area contributed by atoms with Crippen LogP contribution in [-0.2, 0) is 28.7 Å². The molecule has 0 fully saturated rings. The summed E-state index contributed by atoms with van der Waals surface area (Å²) in [6, 6.07) is 28.8. The highest BCUT2D eigenvalue weighted by molar-refractivity contribution is 6.78. The SMILES string of the molecule is CC(C)[Si](OCCCCCCCCCCCOc1cc(OCCCCCCCCCCCO[Si](C(C)C)(C(C)C)C(C)C)cc(C(OC(=O)CNC(=O)OCC2C3=C(CCC=C3)c3ccccc32)(c2ccc(Cl)cc2)c2ccc(Cl)cc2)c1)(C(C)C)C(C)C. The quantitative estimate of drug-likeness (QED) is 0.0203. The standard InChI is InChI=1S/C76H113Cl2NO8Si2/c1-56(2)88(57(3)4,58(5)6)85-49-33-25-21-17-13-15-19-23-31-47-82-67-51-64(52-68(53-67)83-48-32-24-20-16-14-18-22-26-34-50-86-89(59(7)8,60(9)10)61(11)12)76(62-39-43-65(77)44-40-62,63-41-45-66(78)46-42-63)87-74(80)54-79-75(81)84-55-73-71-37-29-27-35-69(71)70-36-28-30-38-72(70)73/h27,29-30,35,37-46,51-53,56-61,73H,13-26,28,31-34,36,47-50,54-55H2,1-12H3,(H,79,81). The Bertz CT molecular complexity index is 2650. The molecule has 0 bridgehead atoms. The molecule has 89 heavy (non-hydrogen) atoms. The minimum absolute atomic E-state index is 0.0881. The van der Waals surface area contributed by atoms with Crippen molar-refractivity contribution in [1.29, 1.82) is 0 Å². The van der Waals surface area contributed by atoms with E-state index in [1.165, 1.54) is 80.9 Å². The number of carbonyl (C=O) groups is 2. The van der Waals surface area contributed by atoms with Crippen molar-refractivity contribution in [2.45, 2.75) is 256 Å². The lowest BCUT2D eigenvalue weighted by Crippen LogP contribution is -2.47. The van der Waals surface area contributed by atoms with Crippen LogP contribution in [0.5, 0.6) is 11.5 Å². The van der Waals surface area contributed by atoms with Crippen LogP contribution in [-0.4, -0.2) is 68.3 Å². The molecule has 0 aliphatic heterocycles. The number of nitrogens with one attached hydrogen (secondary N) is 1. The Morgan fingerprint density at radius 1 is 0.517 bits per heavy atom. The lowest BCUT2D eigenvalue weighted by Gasteiger charge is -2.42. The number of carbonyl (C=O) groups excluding carboxylic acids is 2. The van der Waals surface area contributed by atoms with E-state index in [9.17, 15) is 9.59 Å². The predicted octanol–water partition coefficient (Wildman–Crippen LogP) is 22.6. The third-order valence-corrected chi connectivity index (χ3v) is 32.0. The zero-order valence-corrected chi connectivity index (χ0v) is 60.3. The van der Waals surface area contributed by atoms with Crippen molar-refractivity contribution in [3.63, 3.8) is 0 Å². The summed E-state index contributed by atoms with van der Waals surface area (Å²) in [5, 5.41) is 3.76. The Labute approximate surface area is 550 Å². The summed E-state index contributed by atoms with van der Waals surface area (Å²) in [5.74, 6) is 0.442. The van der Waals surface area contributed by atoms with E-state index in [-0.39, 0.29) is 12.5 Å². The van der Waals surface area contributed by atoms with Gasteiger partial charge < -0.3 is 33.1 Å². The molecule has 1 amide bonds. The summed E-state index contributed by atoms with van der Waals surface area (Å²) in [7, 11) is -3.61. The van der Waals surface area contributed by atoms with Crippen LogP contribution in [0.15, 0.2) is 109 Å². The number of amides is 1. The molecule has 0 saturated heterocycles. The van der Waals surface area contributed by atoms with Crippen LogP contribution in [0.1, 0.15) is 245 Å². The highest BCUT2D eigenvalue weighted by atomic mass is 35.5. The van der Waals surface area contributed by atoms with Gasteiger partial charge in [-0.25, -0.2) is 4.79 Å². The van der Waals surface area contributed by atoms with Crippen LogP contribution in [0.4, 0.5) is 4.79 Å². The Hall–Kier alpha value is -4.37. The van der Waals surface area contributed by atoms with Gasteiger partial charge in [-0.15, -0.1) is 0 Å². The molecular formula is C76H113Cl2NO8Si2. The molecule has 0 spiro atoms. The minimum Gasteiger partial charge on any atom is -0.493 e. The molecule has 1 unspecified atom stereocenters. The van der Waals surface area contributed by atoms with Gasteiger partial charge in [0.1, 0.15) is 24.7 Å². The maximum Gasteiger partial charge on any atom is 0.407 e. The Morgan fingerprint density at radius 3 is 1.35 bits per heavy atom. The van der Waals surface area contributed by atoms with E-state index in [2.05, 4.69) is 119 Å². The van der Waals surface area contributed by atoms with Crippen molar-refractivity contribution in [2.75, 3.05) is 39.6 Å². The van der Waals surface area contributed by atoms with E-state index in [0.29, 0.717) is 84.7 Å². The summed E-state index contributed by atoms with van der Waals surface area (Å²) >= 11 is 13.1. The Balaban J connectivity index is 1.10. The Kier molecular flexibility index (Phi) is 30.9. The largest absolute Gasteiger partial charge is 0.493 e. The fraction of sp³-hybridized carbons (Fsp3) is 0.605. The molecule has 6 rings (SSSR count). The molecule has 492 valence electrons. The maximum absolute atomic E-state index is 14.5. The third-order valence-electron chi connectivity index (χ3n) is 19.3. The molecule has 0 saturated carbocycles. The summed E-state index contributed by atoms with van der Waals surface area (Å²) < 4.78 is 39.6. The topological polar surface area (TPSA) is 102 Å². The highest BCUT2D eigenvalue weighted by Crippen LogP contribution is 2.48. The third kappa shape index (κ3) is 20.6. The fourth-order valence-corrected chi connectivity index (χ4v) is 26.3. The van der Waals surface area contributed by atoms with Gasteiger partial charge in [0.2, 0.25) is 0 Å². The number of benzene rings is 4. The molecule has 0 radical (unpaired) electrons. The molecule has 1 atom stereocenters. The van der Waals surface area contributed by atoms with Crippen LogP contribution in [0.3, 0.4) is 0 Å². The number of alkyl carbamates (subject to hydrolysis) is 1. The van der Waals surface area contributed by atoms with Crippen molar-refractivity contribution in [3.8, 4) is 11.5 Å². The first-order chi connectivity index (χ1) is 42.8. The molecule has 2 aliphatic carbocycles. The number of unbranched alkanes of at least 4 members (excludes halogenated alkanes) is 16. The zero-order valence-electron chi connectivity index (χ0n) is 56.8. The smallest absolute Gasteiger partial charge is 0.407 e. The second-order valence-electron chi connectivity index (χ2n) is 27.2. The molecule has 4 aromatic rings. The van der Waals surface area contributed by atoms with Crippen LogP contribution in [0.2, 0.25) is 43.3 Å². The molecule has 9 nitrogen and oxygen atoms in total. The molecular weight excluding hydrogens is 1180 g/mol. The van der Waals surface area contributed by atoms with Gasteiger partial charge in [-0.3, -0.25) is 4.79 Å². The van der Waals surface area contributed by atoms with Gasteiger partial charge in [-0.1, -0.05) is 257 Å². The Morgan fingerprint density at radius 2 is 0.921 bits per heavy atom. The van der Waals surface area contributed by atoms with E-state index in [4.69, 9.17) is 51.0 Å². The van der Waals surface area contributed by atoms with Gasteiger partial charge >= 0.3 is 12.1 Å². The molecule has 0 aromatic heterocycles. The average molecular weight is 1300 g/mol. The maximum atomic E-state index is 14.5. The van der Waals surface area contributed by atoms with Crippen LogP contribution >= 0.6 is 23.2 Å². The molecule has 1 N–H and O–H groups in total. The first-order valence-electron chi connectivity index (χ1n) is 34.6. The summed E-state index contributed by atoms with van der Waals surface area (Å²) in [4.78, 5) is 28.1. The molecule has 0 heterocycles. The van der Waals surface area contributed by atoms with Gasteiger partial charge in [-0.05, 0) is 130 Å².